The molecule has 3 heterocycles. The van der Waals surface area contributed by atoms with Crippen molar-refractivity contribution < 1.29 is 4.79 Å². The predicted molar refractivity (Wildman–Crippen MR) is 89.2 cm³/mol. The summed E-state index contributed by atoms with van der Waals surface area (Å²) in [6, 6.07) is 2.20. The molecule has 0 N–H and O–H groups in total. The van der Waals surface area contributed by atoms with Gasteiger partial charge in [0.2, 0.25) is 0 Å². The van der Waals surface area contributed by atoms with Gasteiger partial charge in [0.1, 0.15) is 5.69 Å². The third-order valence-electron chi connectivity index (χ3n) is 4.98. The molecule has 1 amide bonds. The number of amides is 1. The Balaban J connectivity index is 1.56. The monoisotopic (exact) mass is 328 g/mol. The first-order chi connectivity index (χ1) is 11.3. The number of hydrogen-bond acceptors (Lipinski definition) is 5. The fourth-order valence-electron chi connectivity index (χ4n) is 3.91. The number of carbonyl (C=O) groups excluding carboxylic acids is 1. The van der Waals surface area contributed by atoms with Crippen LogP contribution < -0.4 is 0 Å². The molecule has 1 aliphatic carbocycles. The number of rotatable bonds is 2. The lowest BCUT2D eigenvalue weighted by Gasteiger charge is -2.43. The minimum atomic E-state index is 0.0834. The van der Waals surface area contributed by atoms with Gasteiger partial charge in [-0.15, -0.1) is 11.3 Å². The van der Waals surface area contributed by atoms with Crippen molar-refractivity contribution in [2.45, 2.75) is 44.6 Å². The molecule has 5 nitrogen and oxygen atoms in total. The smallest absolute Gasteiger partial charge is 0.273 e. The van der Waals surface area contributed by atoms with E-state index in [1.807, 2.05) is 5.38 Å². The molecule has 23 heavy (non-hydrogen) atoms. The van der Waals surface area contributed by atoms with Crippen LogP contribution in [0.25, 0.3) is 10.8 Å². The van der Waals surface area contributed by atoms with E-state index in [0.717, 1.165) is 19.4 Å². The third kappa shape index (κ3) is 2.87. The van der Waals surface area contributed by atoms with Gasteiger partial charge in [-0.3, -0.25) is 4.79 Å². The molecule has 2 aromatic rings. The Morgan fingerprint density at radius 2 is 1.91 bits per heavy atom. The highest BCUT2D eigenvalue weighted by Gasteiger charge is 2.36. The molecule has 2 aliphatic rings. The maximum absolute atomic E-state index is 12.9. The second-order valence-electron chi connectivity index (χ2n) is 6.36. The van der Waals surface area contributed by atoms with Crippen molar-refractivity contribution in [3.63, 3.8) is 0 Å². The van der Waals surface area contributed by atoms with Gasteiger partial charge in [0.15, 0.2) is 10.8 Å². The number of hydrogen-bond donors (Lipinski definition) is 0. The van der Waals surface area contributed by atoms with Crippen LogP contribution in [0.2, 0.25) is 0 Å². The highest BCUT2D eigenvalue weighted by Crippen LogP contribution is 2.36. The summed E-state index contributed by atoms with van der Waals surface area (Å²) < 4.78 is 0. The Labute approximate surface area is 139 Å². The molecule has 1 saturated heterocycles. The molecule has 2 fully saturated rings. The highest BCUT2D eigenvalue weighted by molar-refractivity contribution is 7.13. The first-order valence-corrected chi connectivity index (χ1v) is 9.25. The van der Waals surface area contributed by atoms with E-state index in [-0.39, 0.29) is 5.91 Å². The lowest BCUT2D eigenvalue weighted by atomic mass is 9.78. The van der Waals surface area contributed by atoms with Crippen LogP contribution in [0.15, 0.2) is 23.8 Å². The van der Waals surface area contributed by atoms with E-state index in [1.54, 1.807) is 18.5 Å². The molecule has 4 rings (SSSR count). The van der Waals surface area contributed by atoms with Crippen LogP contribution >= 0.6 is 11.3 Å². The number of aromatic nitrogens is 3. The normalized spacial score (nSPS) is 24.3. The van der Waals surface area contributed by atoms with Gasteiger partial charge in [0.05, 0.1) is 0 Å². The fraction of sp³-hybridized carbons (Fsp3) is 0.529. The van der Waals surface area contributed by atoms with E-state index in [2.05, 4.69) is 19.9 Å². The zero-order chi connectivity index (χ0) is 15.6. The van der Waals surface area contributed by atoms with Crippen molar-refractivity contribution in [3.05, 3.63) is 29.5 Å². The average molecular weight is 328 g/mol. The maximum Gasteiger partial charge on any atom is 0.273 e. The fourth-order valence-corrected chi connectivity index (χ4v) is 4.65. The molecule has 0 radical (unpaired) electrons. The number of piperidine rings is 1. The number of thiazole rings is 1. The lowest BCUT2D eigenvalue weighted by molar-refractivity contribution is 0.0386. The molecule has 0 bridgehead atoms. The molecule has 120 valence electrons. The molecule has 2 atom stereocenters. The Hall–Kier alpha value is -1.82. The summed E-state index contributed by atoms with van der Waals surface area (Å²) in [5, 5.41) is 2.56. The van der Waals surface area contributed by atoms with E-state index in [9.17, 15) is 4.79 Å². The Morgan fingerprint density at radius 1 is 1.13 bits per heavy atom. The van der Waals surface area contributed by atoms with Crippen molar-refractivity contribution in [1.29, 1.82) is 0 Å². The van der Waals surface area contributed by atoms with Crippen LogP contribution in [-0.4, -0.2) is 38.3 Å². The first kappa shape index (κ1) is 14.8. The van der Waals surface area contributed by atoms with E-state index >= 15 is 0 Å². The lowest BCUT2D eigenvalue weighted by Crippen LogP contribution is -2.49. The van der Waals surface area contributed by atoms with Gasteiger partial charge in [-0.2, -0.15) is 0 Å². The van der Waals surface area contributed by atoms with Gasteiger partial charge in [0, 0.05) is 30.4 Å². The summed E-state index contributed by atoms with van der Waals surface area (Å²) in [6.07, 6.45) is 10.8. The van der Waals surface area contributed by atoms with Crippen molar-refractivity contribution in [3.8, 4) is 10.8 Å². The number of likely N-dealkylation sites (tertiary alicyclic amines) is 1. The standard InChI is InChI=1S/C17H20N4OS/c22-17(21-10-3-6-12-5-1-2-7-14(12)21)13-11-23-16(20-13)15-18-8-4-9-19-15/h4,8-9,11-12,14H,1-3,5-7,10H2/t12-,14-/m1/s1. The third-order valence-corrected chi connectivity index (χ3v) is 5.82. The minimum Gasteiger partial charge on any atom is -0.334 e. The van der Waals surface area contributed by atoms with Gasteiger partial charge in [-0.1, -0.05) is 12.8 Å². The molecule has 1 aliphatic heterocycles. The van der Waals surface area contributed by atoms with Crippen LogP contribution in [-0.2, 0) is 0 Å². The van der Waals surface area contributed by atoms with Gasteiger partial charge >= 0.3 is 0 Å². The van der Waals surface area contributed by atoms with E-state index in [0.29, 0.717) is 28.5 Å². The maximum atomic E-state index is 12.9. The molecular weight excluding hydrogens is 308 g/mol. The van der Waals surface area contributed by atoms with Crippen molar-refractivity contribution in [2.24, 2.45) is 5.92 Å². The largest absolute Gasteiger partial charge is 0.334 e. The summed E-state index contributed by atoms with van der Waals surface area (Å²) in [7, 11) is 0. The van der Waals surface area contributed by atoms with Crippen LogP contribution in [0.1, 0.15) is 49.0 Å². The zero-order valence-electron chi connectivity index (χ0n) is 13.0. The van der Waals surface area contributed by atoms with Crippen LogP contribution in [0, 0.1) is 5.92 Å². The summed E-state index contributed by atoms with van der Waals surface area (Å²) in [5.41, 5.74) is 0.545. The molecule has 0 unspecified atom stereocenters. The first-order valence-electron chi connectivity index (χ1n) is 8.37. The number of carbonyl (C=O) groups is 1. The molecular formula is C17H20N4OS. The summed E-state index contributed by atoms with van der Waals surface area (Å²) >= 11 is 1.44. The van der Waals surface area contributed by atoms with Crippen LogP contribution in [0.4, 0.5) is 0 Å². The van der Waals surface area contributed by atoms with Gasteiger partial charge in [-0.05, 0) is 37.7 Å². The molecule has 6 heteroatoms. The average Bonchev–Trinajstić information content (AvgIpc) is 3.11. The topological polar surface area (TPSA) is 59.0 Å². The minimum absolute atomic E-state index is 0.0834. The van der Waals surface area contributed by atoms with Crippen LogP contribution in [0.5, 0.6) is 0 Å². The SMILES string of the molecule is O=C(c1csc(-c2ncccn2)n1)N1CCC[C@H]2CCCC[C@H]21. The zero-order valence-corrected chi connectivity index (χ0v) is 13.8. The second-order valence-corrected chi connectivity index (χ2v) is 7.22. The highest BCUT2D eigenvalue weighted by atomic mass is 32.1. The Kier molecular flexibility index (Phi) is 4.08. The number of fused-ring (bicyclic) bond motifs is 1. The summed E-state index contributed by atoms with van der Waals surface area (Å²) in [6.45, 7) is 0.870. The molecule has 2 aromatic heterocycles. The van der Waals surface area contributed by atoms with Crippen molar-refractivity contribution in [2.75, 3.05) is 6.54 Å². The van der Waals surface area contributed by atoms with Gasteiger partial charge in [0.25, 0.3) is 5.91 Å². The van der Waals surface area contributed by atoms with E-state index < -0.39 is 0 Å². The number of nitrogens with zero attached hydrogens (tertiary/aromatic N) is 4. The van der Waals surface area contributed by atoms with Gasteiger partial charge in [-0.25, -0.2) is 15.0 Å². The van der Waals surface area contributed by atoms with Crippen molar-refractivity contribution >= 4 is 17.2 Å². The quantitative estimate of drug-likeness (QED) is 0.848. The molecule has 0 spiro atoms. The molecule has 1 saturated carbocycles. The Bertz CT molecular complexity index is 685. The summed E-state index contributed by atoms with van der Waals surface area (Å²) in [5.74, 6) is 1.36. The second kappa shape index (κ2) is 6.35. The predicted octanol–water partition coefficient (Wildman–Crippen LogP) is 3.39. The summed E-state index contributed by atoms with van der Waals surface area (Å²) in [4.78, 5) is 27.9. The van der Waals surface area contributed by atoms with Crippen LogP contribution in [0.3, 0.4) is 0 Å². The molecule has 0 aromatic carbocycles. The Morgan fingerprint density at radius 3 is 2.78 bits per heavy atom. The van der Waals surface area contributed by atoms with Crippen molar-refractivity contribution in [1.82, 2.24) is 19.9 Å². The van der Waals surface area contributed by atoms with E-state index in [4.69, 9.17) is 0 Å². The van der Waals surface area contributed by atoms with Gasteiger partial charge < -0.3 is 4.90 Å². The van der Waals surface area contributed by atoms with E-state index in [1.165, 1.54) is 37.0 Å².